The van der Waals surface area contributed by atoms with Crippen LogP contribution in [0.5, 0.6) is 0 Å². The van der Waals surface area contributed by atoms with Crippen molar-refractivity contribution in [3.05, 3.63) is 29.0 Å². The summed E-state index contributed by atoms with van der Waals surface area (Å²) in [5.41, 5.74) is 3.56. The molecule has 2 aromatic heterocycles. The molecular weight excluding hydrogens is 288 g/mol. The standard InChI is InChI=1S/C13H16N6OS/c1-8-9-3-2-4-10(9)17-11(16-8)5-6-14-13(20)18-12-7-15-19-21-12/h7H,2-6H2,1H3,(H2,14,18,20). The number of amides is 2. The van der Waals surface area contributed by atoms with Crippen molar-refractivity contribution in [3.8, 4) is 0 Å². The molecule has 0 fully saturated rings. The van der Waals surface area contributed by atoms with E-state index in [0.29, 0.717) is 18.0 Å². The van der Waals surface area contributed by atoms with Gasteiger partial charge in [-0.1, -0.05) is 4.49 Å². The van der Waals surface area contributed by atoms with Crippen LogP contribution in [-0.2, 0) is 19.3 Å². The van der Waals surface area contributed by atoms with Crippen LogP contribution in [0.3, 0.4) is 0 Å². The Labute approximate surface area is 126 Å². The maximum atomic E-state index is 11.6. The summed E-state index contributed by atoms with van der Waals surface area (Å²) in [6.45, 7) is 2.53. The highest BCUT2D eigenvalue weighted by Crippen LogP contribution is 2.22. The lowest BCUT2D eigenvalue weighted by molar-refractivity contribution is 0.252. The molecule has 2 heterocycles. The van der Waals surface area contributed by atoms with Crippen LogP contribution in [0.1, 0.15) is 29.2 Å². The Morgan fingerprint density at radius 2 is 2.29 bits per heavy atom. The number of fused-ring (bicyclic) bond motifs is 1. The van der Waals surface area contributed by atoms with E-state index in [2.05, 4.69) is 30.2 Å². The molecule has 0 atom stereocenters. The van der Waals surface area contributed by atoms with Gasteiger partial charge in [0.05, 0.1) is 6.20 Å². The summed E-state index contributed by atoms with van der Waals surface area (Å²) in [4.78, 5) is 20.7. The van der Waals surface area contributed by atoms with E-state index in [-0.39, 0.29) is 6.03 Å². The lowest BCUT2D eigenvalue weighted by atomic mass is 10.2. The normalized spacial score (nSPS) is 13.0. The highest BCUT2D eigenvalue weighted by molar-refractivity contribution is 7.10. The number of carbonyl (C=O) groups excluding carboxylic acids is 1. The smallest absolute Gasteiger partial charge is 0.319 e. The molecule has 2 N–H and O–H groups in total. The average Bonchev–Trinajstić information content (AvgIpc) is 3.09. The highest BCUT2D eigenvalue weighted by Gasteiger charge is 2.16. The van der Waals surface area contributed by atoms with Crippen molar-refractivity contribution in [2.75, 3.05) is 11.9 Å². The van der Waals surface area contributed by atoms with Crippen LogP contribution in [0.2, 0.25) is 0 Å². The zero-order valence-corrected chi connectivity index (χ0v) is 12.5. The average molecular weight is 304 g/mol. The maximum absolute atomic E-state index is 11.6. The van der Waals surface area contributed by atoms with Crippen LogP contribution in [-0.4, -0.2) is 32.1 Å². The number of rotatable bonds is 4. The first-order valence-electron chi connectivity index (χ1n) is 6.90. The van der Waals surface area contributed by atoms with Gasteiger partial charge in [0, 0.05) is 35.9 Å². The summed E-state index contributed by atoms with van der Waals surface area (Å²) in [7, 11) is 0. The van der Waals surface area contributed by atoms with E-state index in [9.17, 15) is 4.79 Å². The van der Waals surface area contributed by atoms with Crippen LogP contribution >= 0.6 is 11.5 Å². The van der Waals surface area contributed by atoms with Crippen molar-refractivity contribution in [2.45, 2.75) is 32.6 Å². The summed E-state index contributed by atoms with van der Waals surface area (Å²) in [6.07, 6.45) is 5.43. The number of aryl methyl sites for hydroxylation is 2. The Bertz CT molecular complexity index is 642. The van der Waals surface area contributed by atoms with Crippen molar-refractivity contribution in [1.82, 2.24) is 24.9 Å². The topological polar surface area (TPSA) is 92.7 Å². The number of urea groups is 1. The minimum Gasteiger partial charge on any atom is -0.337 e. The van der Waals surface area contributed by atoms with Gasteiger partial charge in [-0.15, -0.1) is 5.10 Å². The van der Waals surface area contributed by atoms with Crippen molar-refractivity contribution in [3.63, 3.8) is 0 Å². The molecule has 0 aliphatic heterocycles. The van der Waals surface area contributed by atoms with E-state index in [1.54, 1.807) is 0 Å². The lowest BCUT2D eigenvalue weighted by Gasteiger charge is -2.08. The summed E-state index contributed by atoms with van der Waals surface area (Å²) >= 11 is 1.14. The van der Waals surface area contributed by atoms with Crippen LogP contribution < -0.4 is 10.6 Å². The first kappa shape index (κ1) is 13.9. The van der Waals surface area contributed by atoms with Crippen LogP contribution in [0, 0.1) is 6.92 Å². The summed E-state index contributed by atoms with van der Waals surface area (Å²) in [6, 6.07) is -0.265. The predicted molar refractivity (Wildman–Crippen MR) is 79.4 cm³/mol. The number of nitrogens with zero attached hydrogens (tertiary/aromatic N) is 4. The Morgan fingerprint density at radius 1 is 1.38 bits per heavy atom. The second kappa shape index (κ2) is 6.13. The van der Waals surface area contributed by atoms with E-state index in [4.69, 9.17) is 0 Å². The number of anilines is 1. The van der Waals surface area contributed by atoms with E-state index in [0.717, 1.165) is 42.3 Å². The number of aromatic nitrogens is 4. The van der Waals surface area contributed by atoms with Gasteiger partial charge in [0.25, 0.3) is 0 Å². The molecule has 1 aliphatic rings. The second-order valence-electron chi connectivity index (χ2n) is 4.92. The second-order valence-corrected chi connectivity index (χ2v) is 5.70. The van der Waals surface area contributed by atoms with Crippen molar-refractivity contribution >= 4 is 22.6 Å². The summed E-state index contributed by atoms with van der Waals surface area (Å²) in [5.74, 6) is 0.799. The molecule has 0 saturated carbocycles. The molecule has 7 nitrogen and oxygen atoms in total. The van der Waals surface area contributed by atoms with Gasteiger partial charge in [0.15, 0.2) is 0 Å². The minimum absolute atomic E-state index is 0.265. The molecule has 2 aromatic rings. The van der Waals surface area contributed by atoms with Crippen molar-refractivity contribution in [1.29, 1.82) is 0 Å². The molecule has 1 aliphatic carbocycles. The lowest BCUT2D eigenvalue weighted by Crippen LogP contribution is -2.30. The number of carbonyl (C=O) groups is 1. The Hall–Kier alpha value is -2.09. The monoisotopic (exact) mass is 304 g/mol. The third-order valence-electron chi connectivity index (χ3n) is 3.42. The molecule has 0 saturated heterocycles. The SMILES string of the molecule is Cc1nc(CCNC(=O)Nc2cnns2)nc2c1CCC2. The largest absolute Gasteiger partial charge is 0.337 e. The number of nitrogens with one attached hydrogen (secondary N) is 2. The molecule has 0 radical (unpaired) electrons. The molecule has 0 unspecified atom stereocenters. The fourth-order valence-electron chi connectivity index (χ4n) is 2.46. The zero-order valence-electron chi connectivity index (χ0n) is 11.7. The van der Waals surface area contributed by atoms with Gasteiger partial charge in [0.2, 0.25) is 0 Å². The summed E-state index contributed by atoms with van der Waals surface area (Å²) in [5, 5.41) is 9.72. The van der Waals surface area contributed by atoms with E-state index < -0.39 is 0 Å². The molecule has 110 valence electrons. The van der Waals surface area contributed by atoms with Crippen molar-refractivity contribution < 1.29 is 4.79 Å². The molecule has 2 amide bonds. The van der Waals surface area contributed by atoms with E-state index >= 15 is 0 Å². The van der Waals surface area contributed by atoms with E-state index in [1.165, 1.54) is 17.5 Å². The zero-order chi connectivity index (χ0) is 14.7. The molecule has 3 rings (SSSR count). The van der Waals surface area contributed by atoms with Gasteiger partial charge in [-0.25, -0.2) is 14.8 Å². The quantitative estimate of drug-likeness (QED) is 0.892. The molecular formula is C13H16N6OS. The Kier molecular flexibility index (Phi) is 4.05. The fraction of sp³-hybridized carbons (Fsp3) is 0.462. The third-order valence-corrected chi connectivity index (χ3v) is 4.00. The first-order valence-corrected chi connectivity index (χ1v) is 7.67. The molecule has 0 spiro atoms. The molecule has 0 bridgehead atoms. The van der Waals surface area contributed by atoms with E-state index in [1.807, 2.05) is 6.92 Å². The van der Waals surface area contributed by atoms with Gasteiger partial charge >= 0.3 is 6.03 Å². The third kappa shape index (κ3) is 3.33. The summed E-state index contributed by atoms with van der Waals surface area (Å²) < 4.78 is 3.68. The van der Waals surface area contributed by atoms with Gasteiger partial charge in [-0.3, -0.25) is 5.32 Å². The molecule has 0 aromatic carbocycles. The Balaban J connectivity index is 1.51. The van der Waals surface area contributed by atoms with Crippen molar-refractivity contribution in [2.24, 2.45) is 0 Å². The number of hydrogen-bond acceptors (Lipinski definition) is 6. The first-order chi connectivity index (χ1) is 10.2. The van der Waals surface area contributed by atoms with Gasteiger partial charge in [-0.05, 0) is 31.7 Å². The van der Waals surface area contributed by atoms with Crippen LogP contribution in [0.25, 0.3) is 0 Å². The highest BCUT2D eigenvalue weighted by atomic mass is 32.1. The fourth-order valence-corrected chi connectivity index (χ4v) is 2.88. The molecule has 21 heavy (non-hydrogen) atoms. The van der Waals surface area contributed by atoms with Gasteiger partial charge in [-0.2, -0.15) is 0 Å². The predicted octanol–water partition coefficient (Wildman–Crippen LogP) is 1.49. The van der Waals surface area contributed by atoms with Gasteiger partial charge < -0.3 is 5.32 Å². The van der Waals surface area contributed by atoms with Crippen LogP contribution in [0.15, 0.2) is 6.20 Å². The number of hydrogen-bond donors (Lipinski definition) is 2. The van der Waals surface area contributed by atoms with Gasteiger partial charge in [0.1, 0.15) is 10.8 Å². The van der Waals surface area contributed by atoms with Crippen LogP contribution in [0.4, 0.5) is 9.80 Å². The maximum Gasteiger partial charge on any atom is 0.319 e. The molecule has 8 heteroatoms. The minimum atomic E-state index is -0.265. The Morgan fingerprint density at radius 3 is 3.10 bits per heavy atom.